The summed E-state index contributed by atoms with van der Waals surface area (Å²) >= 11 is 0. The molecule has 0 aliphatic carbocycles. The van der Waals surface area contributed by atoms with E-state index in [0.29, 0.717) is 39.8 Å². The fraction of sp³-hybridized carbons (Fsp3) is 0.0800. The number of pyridine rings is 2. The Balaban J connectivity index is 0.000000181. The van der Waals surface area contributed by atoms with Gasteiger partial charge in [0.1, 0.15) is 17.2 Å². The third-order valence-corrected chi connectivity index (χ3v) is 9.40. The highest BCUT2D eigenvalue weighted by Crippen LogP contribution is 2.29. The number of nitrogens with one attached hydrogen (secondary N) is 2. The summed E-state index contributed by atoms with van der Waals surface area (Å²) < 4.78 is 11.6. The van der Waals surface area contributed by atoms with Gasteiger partial charge in [0.05, 0.1) is 12.2 Å². The molecule has 8 aromatic rings. The second-order valence-electron chi connectivity index (χ2n) is 13.6. The van der Waals surface area contributed by atoms with Crippen LogP contribution in [0.1, 0.15) is 39.1 Å². The number of amides is 2. The van der Waals surface area contributed by atoms with Gasteiger partial charge in [-0.2, -0.15) is 0 Å². The maximum atomic E-state index is 12.7. The van der Waals surface area contributed by atoms with Crippen LogP contribution in [0.2, 0.25) is 0 Å². The van der Waals surface area contributed by atoms with Crippen molar-refractivity contribution in [2.24, 2.45) is 0 Å². The molecule has 0 radical (unpaired) electrons. The molecule has 2 amide bonds. The normalized spacial score (nSPS) is 10.5. The number of fused-ring (bicyclic) bond motifs is 2. The number of benzene rings is 6. The van der Waals surface area contributed by atoms with Crippen LogP contribution in [0.25, 0.3) is 21.5 Å². The Morgan fingerprint density at radius 3 is 1.70 bits per heavy atom. The second-order valence-corrected chi connectivity index (χ2v) is 13.6. The van der Waals surface area contributed by atoms with E-state index in [1.54, 1.807) is 73.3 Å². The third kappa shape index (κ3) is 10.9. The highest BCUT2D eigenvalue weighted by Gasteiger charge is 2.15. The van der Waals surface area contributed by atoms with E-state index in [1.165, 1.54) is 0 Å². The van der Waals surface area contributed by atoms with Crippen LogP contribution in [-0.2, 0) is 16.0 Å². The Labute approximate surface area is 346 Å². The number of carbonyl (C=O) groups is 4. The molecule has 2 N–H and O–H groups in total. The number of hydrogen-bond acceptors (Lipinski definition) is 8. The van der Waals surface area contributed by atoms with Crippen molar-refractivity contribution in [2.45, 2.75) is 19.3 Å². The molecular formula is C50H40N4O6. The second kappa shape index (κ2) is 19.9. The minimum absolute atomic E-state index is 0.0165. The summed E-state index contributed by atoms with van der Waals surface area (Å²) in [4.78, 5) is 58.0. The van der Waals surface area contributed by atoms with Crippen molar-refractivity contribution in [3.63, 3.8) is 0 Å². The van der Waals surface area contributed by atoms with Gasteiger partial charge in [-0.05, 0) is 81.7 Å². The topological polar surface area (TPSA) is 137 Å². The lowest BCUT2D eigenvalue weighted by Crippen LogP contribution is -2.30. The fourth-order valence-corrected chi connectivity index (χ4v) is 6.44. The van der Waals surface area contributed by atoms with Gasteiger partial charge in [-0.15, -0.1) is 0 Å². The van der Waals surface area contributed by atoms with Crippen molar-refractivity contribution in [1.29, 1.82) is 0 Å². The predicted octanol–water partition coefficient (Wildman–Crippen LogP) is 10.2. The van der Waals surface area contributed by atoms with Crippen molar-refractivity contribution in [2.75, 3.05) is 11.9 Å². The number of anilines is 1. The first-order chi connectivity index (χ1) is 29.4. The summed E-state index contributed by atoms with van der Waals surface area (Å²) in [5.74, 6) is 1.92. The van der Waals surface area contributed by atoms with Crippen molar-refractivity contribution in [3.05, 3.63) is 199 Å². The molecule has 6 aromatic carbocycles. The number of ketones is 2. The lowest BCUT2D eigenvalue weighted by Gasteiger charge is -2.12. The summed E-state index contributed by atoms with van der Waals surface area (Å²) in [7, 11) is 0. The van der Waals surface area contributed by atoms with E-state index in [-0.39, 0.29) is 49.2 Å². The molecular weight excluding hydrogens is 753 g/mol. The Morgan fingerprint density at radius 1 is 0.500 bits per heavy atom. The SMILES string of the molecule is O=C(CCC(=O)c1cccc2ccccc12)Nc1ccccc1Oc1ccncc1.O=C(CNC(=O)c1cccc2ccccc12)Cc1ccc(Oc2ccncc2)cc1. The largest absolute Gasteiger partial charge is 0.457 e. The molecule has 0 saturated carbocycles. The molecule has 2 heterocycles. The van der Waals surface area contributed by atoms with Gasteiger partial charge in [0, 0.05) is 55.2 Å². The van der Waals surface area contributed by atoms with Gasteiger partial charge in [0.25, 0.3) is 5.91 Å². The van der Waals surface area contributed by atoms with Crippen LogP contribution in [0.15, 0.2) is 183 Å². The van der Waals surface area contributed by atoms with E-state index >= 15 is 0 Å². The Bertz CT molecular complexity index is 2730. The van der Waals surface area contributed by atoms with Crippen LogP contribution in [-0.4, -0.2) is 39.9 Å². The molecule has 60 heavy (non-hydrogen) atoms. The predicted molar refractivity (Wildman–Crippen MR) is 233 cm³/mol. The van der Waals surface area contributed by atoms with Gasteiger partial charge < -0.3 is 20.1 Å². The quantitative estimate of drug-likeness (QED) is 0.104. The molecule has 0 aliphatic rings. The minimum Gasteiger partial charge on any atom is -0.457 e. The summed E-state index contributed by atoms with van der Waals surface area (Å²) in [6, 6.07) is 48.2. The van der Waals surface area contributed by atoms with Crippen LogP contribution in [0.4, 0.5) is 5.69 Å². The minimum atomic E-state index is -0.249. The first-order valence-electron chi connectivity index (χ1n) is 19.3. The maximum Gasteiger partial charge on any atom is 0.252 e. The molecule has 0 bridgehead atoms. The molecule has 0 fully saturated rings. The van der Waals surface area contributed by atoms with Crippen LogP contribution < -0.4 is 20.1 Å². The summed E-state index contributed by atoms with van der Waals surface area (Å²) in [6.45, 7) is -0.0165. The molecule has 0 aliphatic heterocycles. The van der Waals surface area contributed by atoms with Crippen LogP contribution in [0.5, 0.6) is 23.0 Å². The number of hydrogen-bond donors (Lipinski definition) is 2. The summed E-state index contributed by atoms with van der Waals surface area (Å²) in [6.07, 6.45) is 7.05. The molecule has 8 rings (SSSR count). The lowest BCUT2D eigenvalue weighted by molar-refractivity contribution is -0.117. The molecule has 0 spiro atoms. The van der Waals surface area contributed by atoms with Gasteiger partial charge in [0.2, 0.25) is 5.91 Å². The Hall–Kier alpha value is -7.98. The van der Waals surface area contributed by atoms with E-state index in [2.05, 4.69) is 20.6 Å². The number of carbonyl (C=O) groups excluding carboxylic acids is 4. The van der Waals surface area contributed by atoms with Crippen molar-refractivity contribution in [1.82, 2.24) is 15.3 Å². The zero-order valence-electron chi connectivity index (χ0n) is 32.5. The molecule has 296 valence electrons. The zero-order valence-corrected chi connectivity index (χ0v) is 32.5. The molecule has 0 saturated heterocycles. The molecule has 10 heteroatoms. The van der Waals surface area contributed by atoms with E-state index < -0.39 is 0 Å². The maximum absolute atomic E-state index is 12.7. The highest BCUT2D eigenvalue weighted by molar-refractivity contribution is 6.09. The van der Waals surface area contributed by atoms with Crippen molar-refractivity contribution < 1.29 is 28.7 Å². The van der Waals surface area contributed by atoms with Crippen LogP contribution >= 0.6 is 0 Å². The molecule has 0 unspecified atom stereocenters. The molecule has 0 atom stereocenters. The smallest absolute Gasteiger partial charge is 0.252 e. The van der Waals surface area contributed by atoms with Crippen molar-refractivity contribution in [3.8, 4) is 23.0 Å². The van der Waals surface area contributed by atoms with Crippen LogP contribution in [0, 0.1) is 0 Å². The third-order valence-electron chi connectivity index (χ3n) is 9.40. The molecule has 10 nitrogen and oxygen atoms in total. The highest BCUT2D eigenvalue weighted by atomic mass is 16.5. The average Bonchev–Trinajstić information content (AvgIpc) is 3.29. The number of aromatic nitrogens is 2. The first-order valence-corrected chi connectivity index (χ1v) is 19.3. The van der Waals surface area contributed by atoms with E-state index in [1.807, 2.05) is 109 Å². The van der Waals surface area contributed by atoms with E-state index in [9.17, 15) is 19.2 Å². The van der Waals surface area contributed by atoms with Gasteiger partial charge in [-0.3, -0.25) is 29.1 Å². The first kappa shape index (κ1) is 40.2. The van der Waals surface area contributed by atoms with Crippen molar-refractivity contribution >= 4 is 50.6 Å². The monoisotopic (exact) mass is 792 g/mol. The van der Waals surface area contributed by atoms with Gasteiger partial charge in [-0.25, -0.2) is 0 Å². The van der Waals surface area contributed by atoms with E-state index in [4.69, 9.17) is 9.47 Å². The fourth-order valence-electron chi connectivity index (χ4n) is 6.44. The summed E-state index contributed by atoms with van der Waals surface area (Å²) in [5, 5.41) is 9.35. The van der Waals surface area contributed by atoms with Gasteiger partial charge in [0.15, 0.2) is 17.3 Å². The summed E-state index contributed by atoms with van der Waals surface area (Å²) in [5.41, 5.74) is 2.62. The molecule has 2 aromatic heterocycles. The van der Waals surface area contributed by atoms with E-state index in [0.717, 1.165) is 27.1 Å². The number of rotatable bonds is 14. The zero-order chi connectivity index (χ0) is 41.5. The van der Waals surface area contributed by atoms with Gasteiger partial charge in [-0.1, -0.05) is 103 Å². The average molecular weight is 793 g/mol. The Kier molecular flexibility index (Phi) is 13.4. The van der Waals surface area contributed by atoms with Gasteiger partial charge >= 0.3 is 0 Å². The standard InChI is InChI=1S/2C25H20N2O3/c28-23(21-9-5-7-18-6-1-2-8-20(18)21)12-13-25(29)27-22-10-3-4-11-24(22)30-19-14-16-26-17-15-19;28-20(16-18-8-10-21(11-9-18)30-22-12-14-26-15-13-22)17-27-25(29)24-7-3-5-19-4-1-2-6-23(19)24/h1-11,14-17H,12-13H2,(H,27,29);1-15H,16-17H2,(H,27,29). The number of nitrogens with zero attached hydrogens (tertiary/aromatic N) is 2. The number of para-hydroxylation sites is 2. The van der Waals surface area contributed by atoms with Crippen LogP contribution in [0.3, 0.4) is 0 Å². The number of ether oxygens (including phenoxy) is 2. The Morgan fingerprint density at radius 2 is 1.03 bits per heavy atom. The lowest BCUT2D eigenvalue weighted by atomic mass is 9.99. The number of Topliss-reactive ketones (excluding diaryl/α,β-unsaturated/α-hetero) is 2.